The molecule has 1 aromatic rings. The zero-order valence-electron chi connectivity index (χ0n) is 13.7. The second-order valence-electron chi connectivity index (χ2n) is 6.50. The number of pyridine rings is 1. The second-order valence-corrected chi connectivity index (χ2v) is 6.50. The number of carbonyl (C=O) groups is 1. The van der Waals surface area contributed by atoms with Gasteiger partial charge in [0.1, 0.15) is 0 Å². The number of rotatable bonds is 3. The number of nitrogens with zero attached hydrogens (tertiary/aromatic N) is 3. The highest BCUT2D eigenvalue weighted by Gasteiger charge is 2.30. The Morgan fingerprint density at radius 1 is 1.30 bits per heavy atom. The summed E-state index contributed by atoms with van der Waals surface area (Å²) >= 11 is 0. The molecule has 2 aliphatic heterocycles. The molecule has 3 rings (SSSR count). The van der Waals surface area contributed by atoms with Gasteiger partial charge in [-0.2, -0.15) is 0 Å². The fourth-order valence-electron chi connectivity index (χ4n) is 3.39. The van der Waals surface area contributed by atoms with Crippen LogP contribution in [0.4, 0.5) is 0 Å². The van der Waals surface area contributed by atoms with Crippen molar-refractivity contribution in [1.82, 2.24) is 14.4 Å². The molecule has 1 amide bonds. The molecule has 0 saturated carbocycles. The van der Waals surface area contributed by atoms with Crippen LogP contribution < -0.4 is 5.56 Å². The Kier molecular flexibility index (Phi) is 5.13. The largest absolute Gasteiger partial charge is 0.378 e. The summed E-state index contributed by atoms with van der Waals surface area (Å²) in [5.74, 6) is 0.343. The maximum Gasteiger partial charge on any atom is 0.250 e. The van der Waals surface area contributed by atoms with E-state index in [4.69, 9.17) is 4.74 Å². The summed E-state index contributed by atoms with van der Waals surface area (Å²) in [6.07, 6.45) is 3.80. The van der Waals surface area contributed by atoms with Gasteiger partial charge in [-0.05, 0) is 31.0 Å². The molecule has 2 aliphatic rings. The molecule has 126 valence electrons. The molecule has 2 fully saturated rings. The molecule has 6 heteroatoms. The van der Waals surface area contributed by atoms with Crippen molar-refractivity contribution in [3.8, 4) is 0 Å². The van der Waals surface area contributed by atoms with Crippen LogP contribution in [0, 0.1) is 5.92 Å². The number of aryl methyl sites for hydroxylation is 1. The first-order chi connectivity index (χ1) is 11.1. The Bertz CT molecular complexity index is 607. The van der Waals surface area contributed by atoms with Crippen LogP contribution in [-0.2, 0) is 23.1 Å². The lowest BCUT2D eigenvalue weighted by Gasteiger charge is -2.36. The van der Waals surface area contributed by atoms with Gasteiger partial charge in [0.15, 0.2) is 0 Å². The van der Waals surface area contributed by atoms with Crippen molar-refractivity contribution in [1.29, 1.82) is 0 Å². The number of likely N-dealkylation sites (tertiary alicyclic amines) is 1. The molecule has 3 heterocycles. The predicted octanol–water partition coefficient (Wildman–Crippen LogP) is 0.456. The van der Waals surface area contributed by atoms with E-state index in [0.717, 1.165) is 38.0 Å². The van der Waals surface area contributed by atoms with Gasteiger partial charge in [-0.3, -0.25) is 14.5 Å². The summed E-state index contributed by atoms with van der Waals surface area (Å²) in [6.45, 7) is 5.23. The van der Waals surface area contributed by atoms with Crippen LogP contribution in [0.1, 0.15) is 18.4 Å². The van der Waals surface area contributed by atoms with Gasteiger partial charge in [-0.25, -0.2) is 0 Å². The number of hydrogen-bond donors (Lipinski definition) is 0. The summed E-state index contributed by atoms with van der Waals surface area (Å²) < 4.78 is 6.90. The van der Waals surface area contributed by atoms with Crippen molar-refractivity contribution in [3.05, 3.63) is 34.2 Å². The molecule has 1 aromatic heterocycles. The van der Waals surface area contributed by atoms with Crippen molar-refractivity contribution in [2.45, 2.75) is 19.4 Å². The highest BCUT2D eigenvalue weighted by Crippen LogP contribution is 2.21. The highest BCUT2D eigenvalue weighted by atomic mass is 16.5. The van der Waals surface area contributed by atoms with Gasteiger partial charge in [0.25, 0.3) is 5.56 Å². The van der Waals surface area contributed by atoms with E-state index in [0.29, 0.717) is 26.3 Å². The maximum absolute atomic E-state index is 12.6. The minimum absolute atomic E-state index is 0.0143. The fourth-order valence-corrected chi connectivity index (χ4v) is 3.39. The molecular formula is C17H25N3O3. The van der Waals surface area contributed by atoms with Gasteiger partial charge in [-0.15, -0.1) is 0 Å². The topological polar surface area (TPSA) is 54.8 Å². The van der Waals surface area contributed by atoms with Crippen LogP contribution in [0.25, 0.3) is 0 Å². The molecule has 0 bridgehead atoms. The Labute approximate surface area is 136 Å². The van der Waals surface area contributed by atoms with Gasteiger partial charge in [0.05, 0.1) is 19.1 Å². The van der Waals surface area contributed by atoms with Crippen molar-refractivity contribution >= 4 is 5.91 Å². The van der Waals surface area contributed by atoms with Crippen LogP contribution in [-0.4, -0.2) is 59.7 Å². The number of ether oxygens (including phenoxy) is 1. The van der Waals surface area contributed by atoms with Crippen LogP contribution in [0.5, 0.6) is 0 Å². The van der Waals surface area contributed by atoms with Crippen LogP contribution in [0.2, 0.25) is 0 Å². The minimum atomic E-state index is 0.0143. The minimum Gasteiger partial charge on any atom is -0.378 e. The smallest absolute Gasteiger partial charge is 0.250 e. The number of morpholine rings is 1. The van der Waals surface area contributed by atoms with Gasteiger partial charge < -0.3 is 14.2 Å². The quantitative estimate of drug-likeness (QED) is 0.812. The molecular weight excluding hydrogens is 294 g/mol. The molecule has 0 radical (unpaired) electrons. The molecule has 0 spiro atoms. The third-order valence-electron chi connectivity index (χ3n) is 4.75. The van der Waals surface area contributed by atoms with Gasteiger partial charge in [-0.1, -0.05) is 0 Å². The summed E-state index contributed by atoms with van der Waals surface area (Å²) in [5, 5.41) is 0. The SMILES string of the molecule is Cn1ccc(CN2CCC[C@@H](C(=O)N3CCOCC3)C2)cc1=O. The van der Waals surface area contributed by atoms with Crippen LogP contribution in [0.3, 0.4) is 0 Å². The fraction of sp³-hybridized carbons (Fsp3) is 0.647. The third kappa shape index (κ3) is 4.00. The summed E-state index contributed by atoms with van der Waals surface area (Å²) in [5.41, 5.74) is 1.04. The first-order valence-corrected chi connectivity index (χ1v) is 8.38. The monoisotopic (exact) mass is 319 g/mol. The van der Waals surface area contributed by atoms with E-state index >= 15 is 0 Å². The van der Waals surface area contributed by atoms with E-state index in [2.05, 4.69) is 4.90 Å². The van der Waals surface area contributed by atoms with Gasteiger partial charge >= 0.3 is 0 Å². The normalized spacial score (nSPS) is 23.0. The summed E-state index contributed by atoms with van der Waals surface area (Å²) in [4.78, 5) is 28.6. The number of carbonyl (C=O) groups excluding carboxylic acids is 1. The Morgan fingerprint density at radius 3 is 2.83 bits per heavy atom. The highest BCUT2D eigenvalue weighted by molar-refractivity contribution is 5.79. The van der Waals surface area contributed by atoms with E-state index < -0.39 is 0 Å². The van der Waals surface area contributed by atoms with Crippen molar-refractivity contribution < 1.29 is 9.53 Å². The predicted molar refractivity (Wildman–Crippen MR) is 87.1 cm³/mol. The third-order valence-corrected chi connectivity index (χ3v) is 4.75. The van der Waals surface area contributed by atoms with Gasteiger partial charge in [0, 0.05) is 45.5 Å². The molecule has 2 saturated heterocycles. The van der Waals surface area contributed by atoms with Crippen LogP contribution in [0.15, 0.2) is 23.1 Å². The zero-order valence-corrected chi connectivity index (χ0v) is 13.7. The molecule has 0 N–H and O–H groups in total. The molecule has 0 aliphatic carbocycles. The average molecular weight is 319 g/mol. The summed E-state index contributed by atoms with van der Waals surface area (Å²) in [7, 11) is 1.75. The van der Waals surface area contributed by atoms with Crippen molar-refractivity contribution in [2.75, 3.05) is 39.4 Å². The number of aromatic nitrogens is 1. The van der Waals surface area contributed by atoms with E-state index in [1.165, 1.54) is 0 Å². The van der Waals surface area contributed by atoms with Crippen molar-refractivity contribution in [3.63, 3.8) is 0 Å². The van der Waals surface area contributed by atoms with Crippen molar-refractivity contribution in [2.24, 2.45) is 13.0 Å². The molecule has 0 unspecified atom stereocenters. The average Bonchev–Trinajstić information content (AvgIpc) is 2.58. The molecule has 0 aromatic carbocycles. The van der Waals surface area contributed by atoms with Crippen LogP contribution >= 0.6 is 0 Å². The summed E-state index contributed by atoms with van der Waals surface area (Å²) in [6, 6.07) is 3.67. The number of amides is 1. The van der Waals surface area contributed by atoms with Gasteiger partial charge in [0.2, 0.25) is 5.91 Å². The Hall–Kier alpha value is -1.66. The molecule has 1 atom stereocenters. The van der Waals surface area contributed by atoms with E-state index in [1.54, 1.807) is 23.9 Å². The van der Waals surface area contributed by atoms with E-state index in [9.17, 15) is 9.59 Å². The van der Waals surface area contributed by atoms with E-state index in [1.807, 2.05) is 11.0 Å². The standard InChI is InChI=1S/C17H25N3O3/c1-18-6-4-14(11-16(18)21)12-19-5-2-3-15(13-19)17(22)20-7-9-23-10-8-20/h4,6,11,15H,2-3,5,7-10,12-13H2,1H3/t15-/m1/s1. The second kappa shape index (κ2) is 7.27. The number of hydrogen-bond acceptors (Lipinski definition) is 4. The lowest BCUT2D eigenvalue weighted by molar-refractivity contribution is -0.141. The zero-order chi connectivity index (χ0) is 16.2. The lowest BCUT2D eigenvalue weighted by Crippen LogP contribution is -2.48. The molecule has 23 heavy (non-hydrogen) atoms. The first-order valence-electron chi connectivity index (χ1n) is 8.38. The number of piperidine rings is 1. The lowest BCUT2D eigenvalue weighted by atomic mass is 9.96. The Balaban J connectivity index is 1.60. The first kappa shape index (κ1) is 16.2. The van der Waals surface area contributed by atoms with E-state index in [-0.39, 0.29) is 17.4 Å². The Morgan fingerprint density at radius 2 is 2.09 bits per heavy atom. The maximum atomic E-state index is 12.6. The molecule has 6 nitrogen and oxygen atoms in total.